The highest BCUT2D eigenvalue weighted by molar-refractivity contribution is 5.89. The molecular formula is C29H36N6O2. The number of hydrazine groups is 1. The average Bonchev–Trinajstić information content (AvgIpc) is 3.57. The zero-order valence-corrected chi connectivity index (χ0v) is 21.5. The summed E-state index contributed by atoms with van der Waals surface area (Å²) < 4.78 is 1.78. The first kappa shape index (κ1) is 25.0. The highest BCUT2D eigenvalue weighted by Crippen LogP contribution is 2.51. The smallest absolute Gasteiger partial charge is 0.339 e. The number of hydrogen-bond acceptors (Lipinski definition) is 6. The third kappa shape index (κ3) is 5.40. The van der Waals surface area contributed by atoms with Crippen molar-refractivity contribution in [1.82, 2.24) is 19.7 Å². The first-order valence-electron chi connectivity index (χ1n) is 13.0. The summed E-state index contributed by atoms with van der Waals surface area (Å²) >= 11 is 0. The number of nitrogens with two attached hydrogens (primary N) is 2. The lowest BCUT2D eigenvalue weighted by Crippen LogP contribution is -2.27. The van der Waals surface area contributed by atoms with Gasteiger partial charge in [0.05, 0.1) is 17.6 Å². The van der Waals surface area contributed by atoms with Gasteiger partial charge in [0.2, 0.25) is 0 Å². The number of allylic oxidation sites excluding steroid dienone is 1. The Kier molecular flexibility index (Phi) is 7.04. The second-order valence-corrected chi connectivity index (χ2v) is 10.5. The van der Waals surface area contributed by atoms with Crippen molar-refractivity contribution in [2.75, 3.05) is 13.6 Å². The summed E-state index contributed by atoms with van der Waals surface area (Å²) in [5.74, 6) is 5.41. The van der Waals surface area contributed by atoms with Crippen molar-refractivity contribution in [3.8, 4) is 5.69 Å². The monoisotopic (exact) mass is 500 g/mol. The van der Waals surface area contributed by atoms with Crippen LogP contribution in [0.25, 0.3) is 5.69 Å². The molecule has 8 nitrogen and oxygen atoms in total. The molecule has 2 aliphatic rings. The second kappa shape index (κ2) is 10.4. The van der Waals surface area contributed by atoms with Gasteiger partial charge in [-0.15, -0.1) is 0 Å². The van der Waals surface area contributed by atoms with Crippen LogP contribution in [0.5, 0.6) is 0 Å². The molecule has 5 rings (SSSR count). The van der Waals surface area contributed by atoms with Crippen LogP contribution in [0.4, 0.5) is 0 Å². The molecule has 1 unspecified atom stereocenters. The molecule has 0 spiro atoms. The van der Waals surface area contributed by atoms with E-state index < -0.39 is 5.97 Å². The molecule has 0 bridgehead atoms. The Bertz CT molecular complexity index is 1310. The van der Waals surface area contributed by atoms with E-state index in [1.807, 2.05) is 12.1 Å². The summed E-state index contributed by atoms with van der Waals surface area (Å²) in [4.78, 5) is 14.6. The second-order valence-electron chi connectivity index (χ2n) is 10.5. The maximum atomic E-state index is 12.0. The van der Waals surface area contributed by atoms with Crippen molar-refractivity contribution in [2.24, 2.45) is 23.4 Å². The number of rotatable bonds is 8. The lowest BCUT2D eigenvalue weighted by atomic mass is 9.96. The van der Waals surface area contributed by atoms with E-state index in [1.165, 1.54) is 27.9 Å². The molecule has 3 atom stereocenters. The van der Waals surface area contributed by atoms with Crippen LogP contribution in [0.3, 0.4) is 0 Å². The van der Waals surface area contributed by atoms with Gasteiger partial charge in [-0.05, 0) is 47.6 Å². The maximum absolute atomic E-state index is 12.0. The van der Waals surface area contributed by atoms with E-state index in [1.54, 1.807) is 17.9 Å². The molecule has 1 aromatic heterocycles. The minimum atomic E-state index is -0.976. The average molecular weight is 501 g/mol. The predicted octanol–water partition coefficient (Wildman–Crippen LogP) is 3.86. The van der Waals surface area contributed by atoms with E-state index in [-0.39, 0.29) is 17.4 Å². The van der Waals surface area contributed by atoms with Crippen molar-refractivity contribution in [1.29, 1.82) is 0 Å². The number of fused-ring (bicyclic) bond motifs is 1. The van der Waals surface area contributed by atoms with Gasteiger partial charge in [-0.25, -0.2) is 15.3 Å². The van der Waals surface area contributed by atoms with Crippen molar-refractivity contribution >= 4 is 5.97 Å². The summed E-state index contributed by atoms with van der Waals surface area (Å²) in [7, 11) is 1.72. The van der Waals surface area contributed by atoms with Crippen molar-refractivity contribution in [3.05, 3.63) is 94.6 Å². The molecule has 1 fully saturated rings. The summed E-state index contributed by atoms with van der Waals surface area (Å²) in [5.41, 5.74) is 12.7. The molecule has 5 N–H and O–H groups in total. The van der Waals surface area contributed by atoms with E-state index >= 15 is 0 Å². The zero-order chi connectivity index (χ0) is 26.1. The van der Waals surface area contributed by atoms with E-state index in [2.05, 4.69) is 53.3 Å². The zero-order valence-electron chi connectivity index (χ0n) is 21.5. The highest BCUT2D eigenvalue weighted by atomic mass is 16.4. The van der Waals surface area contributed by atoms with Crippen LogP contribution < -0.4 is 11.6 Å². The summed E-state index contributed by atoms with van der Waals surface area (Å²) in [6.07, 6.45) is 6.19. The van der Waals surface area contributed by atoms with E-state index in [0.717, 1.165) is 44.6 Å². The van der Waals surface area contributed by atoms with Crippen LogP contribution >= 0.6 is 0 Å². The Labute approximate surface area is 218 Å². The largest absolute Gasteiger partial charge is 0.478 e. The minimum absolute atomic E-state index is 0.0131. The molecule has 194 valence electrons. The number of carbonyl (C=O) groups is 1. The van der Waals surface area contributed by atoms with Crippen molar-refractivity contribution in [3.63, 3.8) is 0 Å². The Hall–Kier alpha value is -3.62. The van der Waals surface area contributed by atoms with Crippen LogP contribution in [0, 0.1) is 11.8 Å². The number of carboxylic acid groups (broad SMARTS) is 1. The third-order valence-electron chi connectivity index (χ3n) is 7.64. The van der Waals surface area contributed by atoms with Gasteiger partial charge >= 0.3 is 5.97 Å². The van der Waals surface area contributed by atoms with Gasteiger partial charge in [0, 0.05) is 50.4 Å². The summed E-state index contributed by atoms with van der Waals surface area (Å²) in [6.45, 7) is 5.08. The summed E-state index contributed by atoms with van der Waals surface area (Å²) in [5, 5.41) is 15.8. The van der Waals surface area contributed by atoms with Crippen LogP contribution in [0.15, 0.2) is 66.6 Å². The van der Waals surface area contributed by atoms with Crippen molar-refractivity contribution in [2.45, 2.75) is 45.2 Å². The molecule has 3 aromatic rings. The molecule has 2 aromatic carbocycles. The molecule has 1 aliphatic carbocycles. The maximum Gasteiger partial charge on any atom is 0.339 e. The van der Waals surface area contributed by atoms with Crippen LogP contribution in [0.1, 0.15) is 58.4 Å². The fourth-order valence-electron chi connectivity index (χ4n) is 5.68. The summed E-state index contributed by atoms with van der Waals surface area (Å²) in [6, 6.07) is 17.1. The minimum Gasteiger partial charge on any atom is -0.478 e. The quantitative estimate of drug-likeness (QED) is 0.318. The Balaban J connectivity index is 1.42. The van der Waals surface area contributed by atoms with Gasteiger partial charge < -0.3 is 15.8 Å². The number of carboxylic acids is 1. The number of aromatic nitrogens is 2. The molecule has 1 saturated carbocycles. The molecule has 0 saturated heterocycles. The highest BCUT2D eigenvalue weighted by Gasteiger charge is 2.45. The number of nitrogens with zero attached hydrogens (tertiary/aromatic N) is 4. The van der Waals surface area contributed by atoms with E-state index in [4.69, 9.17) is 11.6 Å². The van der Waals surface area contributed by atoms with Gasteiger partial charge in [0.25, 0.3) is 0 Å². The van der Waals surface area contributed by atoms with Crippen LogP contribution in [-0.2, 0) is 19.5 Å². The standard InChI is InChI=1S/C29H36N6O2/c1-3-19-11-21-8-4-5-9-22(21)17-34(15-19)16-20-7-6-10-23(12-20)35-28(26(14-32-35)29(36)37)25-13-24(25)27(30)18-33(2)31/h4-10,12,14,18-19,24-25H,3,11,13,15-17,30-31H2,1-2H3,(H,36,37)/b27-18-/t19-,24?,25+/m0/s1. The molecular weight excluding hydrogens is 464 g/mol. The molecule has 2 heterocycles. The molecule has 8 heteroatoms. The Morgan fingerprint density at radius 3 is 2.73 bits per heavy atom. The Morgan fingerprint density at radius 2 is 2.00 bits per heavy atom. The predicted molar refractivity (Wildman–Crippen MR) is 144 cm³/mol. The lowest BCUT2D eigenvalue weighted by Gasteiger charge is -2.24. The third-order valence-corrected chi connectivity index (χ3v) is 7.64. The lowest BCUT2D eigenvalue weighted by molar-refractivity contribution is 0.0695. The van der Waals surface area contributed by atoms with E-state index in [0.29, 0.717) is 17.3 Å². The van der Waals surface area contributed by atoms with Gasteiger partial charge in [-0.1, -0.05) is 49.7 Å². The van der Waals surface area contributed by atoms with Crippen LogP contribution in [0.2, 0.25) is 0 Å². The Morgan fingerprint density at radius 1 is 1.22 bits per heavy atom. The number of hydrogen-bond donors (Lipinski definition) is 3. The van der Waals surface area contributed by atoms with Crippen LogP contribution in [-0.4, -0.2) is 44.4 Å². The SMILES string of the molecule is CC[C@H]1Cc2ccccc2CN(Cc2cccc(-n3ncc(C(=O)O)c3[C@@H]3CC3/C(N)=C/N(C)N)c2)C1. The fourth-order valence-corrected chi connectivity index (χ4v) is 5.68. The van der Waals surface area contributed by atoms with Gasteiger partial charge in [-0.2, -0.15) is 5.10 Å². The normalized spacial score (nSPS) is 21.8. The number of aromatic carboxylic acids is 1. The molecule has 0 radical (unpaired) electrons. The topological polar surface area (TPSA) is 114 Å². The van der Waals surface area contributed by atoms with Gasteiger partial charge in [0.15, 0.2) is 0 Å². The van der Waals surface area contributed by atoms with E-state index in [9.17, 15) is 9.90 Å². The molecule has 37 heavy (non-hydrogen) atoms. The first-order chi connectivity index (χ1) is 17.8. The molecule has 0 amide bonds. The number of benzene rings is 2. The van der Waals surface area contributed by atoms with Gasteiger partial charge in [0.1, 0.15) is 5.56 Å². The fraction of sp³-hybridized carbons (Fsp3) is 0.379. The van der Waals surface area contributed by atoms with Crippen molar-refractivity contribution < 1.29 is 9.90 Å². The van der Waals surface area contributed by atoms with Gasteiger partial charge in [-0.3, -0.25) is 4.90 Å². The first-order valence-corrected chi connectivity index (χ1v) is 13.0. The molecule has 1 aliphatic heterocycles.